The van der Waals surface area contributed by atoms with Crippen molar-refractivity contribution in [2.45, 2.75) is 82.2 Å². The van der Waals surface area contributed by atoms with Gasteiger partial charge in [0.1, 0.15) is 17.5 Å². The van der Waals surface area contributed by atoms with Crippen molar-refractivity contribution in [3.05, 3.63) is 108 Å². The number of benzene rings is 3. The molecule has 8 nitrogen and oxygen atoms in total. The molecule has 0 aromatic heterocycles. The summed E-state index contributed by atoms with van der Waals surface area (Å²) in [6.45, 7) is 2.73. The minimum Gasteiger partial charge on any atom is -0.457 e. The number of hydrogen-bond acceptors (Lipinski definition) is 6. The molecule has 3 aromatic rings. The van der Waals surface area contributed by atoms with E-state index in [2.05, 4.69) is 29.7 Å². The first kappa shape index (κ1) is 33.4. The summed E-state index contributed by atoms with van der Waals surface area (Å²) in [5.41, 5.74) is 3.18. The monoisotopic (exact) mass is 625 g/mol. The number of rotatable bonds is 9. The van der Waals surface area contributed by atoms with Crippen molar-refractivity contribution in [3.8, 4) is 11.5 Å². The summed E-state index contributed by atoms with van der Waals surface area (Å²) in [6.07, 6.45) is 7.53. The van der Waals surface area contributed by atoms with Gasteiger partial charge in [-0.05, 0) is 66.6 Å². The number of nitrogens with one attached hydrogen (secondary N) is 2. The van der Waals surface area contributed by atoms with E-state index in [1.165, 1.54) is 0 Å². The molecule has 0 fully saturated rings. The molecule has 2 amide bonds. The topological polar surface area (TPSA) is 100 Å². The fraction of sp³-hybridized carbons (Fsp3) is 0.421. The van der Waals surface area contributed by atoms with Crippen LogP contribution in [0.1, 0.15) is 74.3 Å². The summed E-state index contributed by atoms with van der Waals surface area (Å²) < 4.78 is 12.5. The highest BCUT2D eigenvalue weighted by Crippen LogP contribution is 2.43. The highest BCUT2D eigenvalue weighted by molar-refractivity contribution is 5.88. The van der Waals surface area contributed by atoms with Gasteiger partial charge in [0.25, 0.3) is 0 Å². The largest absolute Gasteiger partial charge is 0.457 e. The second kappa shape index (κ2) is 16.5. The van der Waals surface area contributed by atoms with Gasteiger partial charge < -0.3 is 30.1 Å². The molecule has 2 unspecified atom stereocenters. The fourth-order valence-electron chi connectivity index (χ4n) is 6.27. The first-order valence-electron chi connectivity index (χ1n) is 16.6. The van der Waals surface area contributed by atoms with Crippen molar-refractivity contribution in [2.75, 3.05) is 20.2 Å². The summed E-state index contributed by atoms with van der Waals surface area (Å²) in [7, 11) is 1.70. The number of likely N-dealkylation sites (N-methyl/N-ethyl adjacent to an activating group) is 1. The number of ether oxygens (including phenoxy) is 2. The number of β-amino-alcohol motifs (C(OH)–C–C–N with tert-alkyl or cyclic N) is 1. The Balaban J connectivity index is 1.39. The van der Waals surface area contributed by atoms with Gasteiger partial charge in [0.15, 0.2) is 0 Å². The Bertz CT molecular complexity index is 1450. The van der Waals surface area contributed by atoms with Crippen LogP contribution in [-0.4, -0.2) is 60.2 Å². The normalized spacial score (nSPS) is 24.2. The van der Waals surface area contributed by atoms with Crippen molar-refractivity contribution in [1.82, 2.24) is 15.5 Å². The van der Waals surface area contributed by atoms with Gasteiger partial charge in [-0.2, -0.15) is 0 Å². The van der Waals surface area contributed by atoms with Crippen LogP contribution in [0.15, 0.2) is 91.0 Å². The number of carbonyl (C=O) groups is 2. The van der Waals surface area contributed by atoms with Gasteiger partial charge in [0, 0.05) is 26.1 Å². The van der Waals surface area contributed by atoms with Crippen molar-refractivity contribution < 1.29 is 24.2 Å². The molecule has 46 heavy (non-hydrogen) atoms. The molecule has 5 atom stereocenters. The Hall–Kier alpha value is -3.98. The van der Waals surface area contributed by atoms with Crippen molar-refractivity contribution in [3.63, 3.8) is 0 Å². The standard InChI is InChI=1S/C38H47N3O5/c1-3-4-7-19-37(43)41(2)34-18-12-13-22-45-36-25-32(31-24-29(20-21-30(31)36)46-28-16-10-6-11-17-28)39-26-35(42)33(40-38(34)44)23-27-14-8-5-9-15-27/h5-6,8-17,20-21,24,32-36,39,42H,3-4,7,18-19,22-23,25-26H2,1-2H3,(H,40,44)/b13-12-/t32?,33-,34-,35+,36?/m0/s1. The van der Waals surface area contributed by atoms with Gasteiger partial charge in [-0.25, -0.2) is 0 Å². The SMILES string of the molecule is CCCCCC(=O)N(C)[C@H]1C/C=C\COC2CC(NC[C@@H](O)[C@H](Cc3ccccc3)NC1=O)c1cc(Oc3ccccc3)ccc12. The number of hydrogen-bond donors (Lipinski definition) is 3. The number of aliphatic hydroxyl groups is 1. The zero-order chi connectivity index (χ0) is 32.3. The average molecular weight is 626 g/mol. The first-order chi connectivity index (χ1) is 22.4. The van der Waals surface area contributed by atoms with Gasteiger partial charge in [-0.1, -0.05) is 86.5 Å². The van der Waals surface area contributed by atoms with E-state index in [1.54, 1.807) is 11.9 Å². The number of para-hydroxylation sites is 1. The number of aliphatic hydroxyl groups excluding tert-OH is 1. The van der Waals surface area contributed by atoms with Gasteiger partial charge in [0.05, 0.1) is 24.9 Å². The summed E-state index contributed by atoms with van der Waals surface area (Å²) >= 11 is 0. The van der Waals surface area contributed by atoms with Crippen LogP contribution in [0.5, 0.6) is 11.5 Å². The molecule has 0 saturated heterocycles. The molecular formula is C38H47N3O5. The predicted octanol–water partition coefficient (Wildman–Crippen LogP) is 6.03. The lowest BCUT2D eigenvalue weighted by Crippen LogP contribution is -2.55. The first-order valence-corrected chi connectivity index (χ1v) is 16.6. The van der Waals surface area contributed by atoms with Gasteiger partial charge in [0.2, 0.25) is 11.8 Å². The van der Waals surface area contributed by atoms with Gasteiger partial charge >= 0.3 is 0 Å². The van der Waals surface area contributed by atoms with Crippen LogP contribution >= 0.6 is 0 Å². The minimum atomic E-state index is -0.886. The van der Waals surface area contributed by atoms with E-state index in [-0.39, 0.29) is 30.5 Å². The van der Waals surface area contributed by atoms with Crippen molar-refractivity contribution >= 4 is 11.8 Å². The van der Waals surface area contributed by atoms with Gasteiger partial charge in [-0.15, -0.1) is 0 Å². The van der Waals surface area contributed by atoms with Crippen LogP contribution in [0.4, 0.5) is 0 Å². The lowest BCUT2D eigenvalue weighted by atomic mass is 9.99. The summed E-state index contributed by atoms with van der Waals surface area (Å²) in [5.74, 6) is 1.17. The number of fused-ring (bicyclic) bond motifs is 5. The molecule has 3 N–H and O–H groups in total. The van der Waals surface area contributed by atoms with Crippen LogP contribution in [-0.2, 0) is 20.7 Å². The second-order valence-corrected chi connectivity index (χ2v) is 12.3. The molecular weight excluding hydrogens is 578 g/mol. The molecule has 2 bridgehead atoms. The van der Waals surface area contributed by atoms with E-state index >= 15 is 0 Å². The van der Waals surface area contributed by atoms with Crippen LogP contribution in [0.3, 0.4) is 0 Å². The summed E-state index contributed by atoms with van der Waals surface area (Å²) in [4.78, 5) is 28.5. The molecule has 1 heterocycles. The van der Waals surface area contributed by atoms with Crippen LogP contribution in [0, 0.1) is 0 Å². The van der Waals surface area contributed by atoms with Crippen LogP contribution in [0.2, 0.25) is 0 Å². The second-order valence-electron chi connectivity index (χ2n) is 12.3. The molecule has 244 valence electrons. The smallest absolute Gasteiger partial charge is 0.243 e. The Morgan fingerprint density at radius 2 is 1.74 bits per heavy atom. The molecule has 0 radical (unpaired) electrons. The minimum absolute atomic E-state index is 0.0532. The van der Waals surface area contributed by atoms with Crippen molar-refractivity contribution in [2.24, 2.45) is 0 Å². The molecule has 0 spiro atoms. The molecule has 1 aliphatic carbocycles. The third-order valence-corrected chi connectivity index (χ3v) is 8.95. The maximum atomic E-state index is 13.8. The maximum Gasteiger partial charge on any atom is 0.243 e. The average Bonchev–Trinajstić information content (AvgIpc) is 3.41. The third-order valence-electron chi connectivity index (χ3n) is 8.95. The zero-order valence-electron chi connectivity index (χ0n) is 26.9. The Morgan fingerprint density at radius 3 is 2.50 bits per heavy atom. The van der Waals surface area contributed by atoms with E-state index < -0.39 is 18.2 Å². The van der Waals surface area contributed by atoms with E-state index in [1.807, 2.05) is 78.9 Å². The van der Waals surface area contributed by atoms with E-state index in [0.29, 0.717) is 32.3 Å². The number of carbonyl (C=O) groups excluding carboxylic acids is 2. The Kier molecular flexibility index (Phi) is 12.0. The molecule has 3 aromatic carbocycles. The summed E-state index contributed by atoms with van der Waals surface area (Å²) in [5, 5.41) is 18.3. The number of amides is 2. The van der Waals surface area contributed by atoms with E-state index in [4.69, 9.17) is 9.47 Å². The van der Waals surface area contributed by atoms with E-state index in [0.717, 1.165) is 47.5 Å². The lowest BCUT2D eigenvalue weighted by Gasteiger charge is -2.31. The van der Waals surface area contributed by atoms with E-state index in [9.17, 15) is 14.7 Å². The van der Waals surface area contributed by atoms with Crippen LogP contribution < -0.4 is 15.4 Å². The fourth-order valence-corrected chi connectivity index (χ4v) is 6.27. The van der Waals surface area contributed by atoms with Crippen LogP contribution in [0.25, 0.3) is 0 Å². The molecule has 0 saturated carbocycles. The number of unbranched alkanes of at least 4 members (excludes halogenated alkanes) is 2. The lowest BCUT2D eigenvalue weighted by molar-refractivity contribution is -0.139. The molecule has 8 heteroatoms. The zero-order valence-corrected chi connectivity index (χ0v) is 26.9. The molecule has 1 aliphatic heterocycles. The number of nitrogens with zero attached hydrogens (tertiary/aromatic N) is 1. The van der Waals surface area contributed by atoms with Gasteiger partial charge in [-0.3, -0.25) is 9.59 Å². The van der Waals surface area contributed by atoms with Crippen molar-refractivity contribution in [1.29, 1.82) is 0 Å². The maximum absolute atomic E-state index is 13.8. The Labute approximate surface area is 272 Å². The summed E-state index contributed by atoms with van der Waals surface area (Å²) in [6, 6.07) is 24.3. The highest BCUT2D eigenvalue weighted by Gasteiger charge is 2.34. The third kappa shape index (κ3) is 8.84. The molecule has 2 aliphatic rings. The Morgan fingerprint density at radius 1 is 0.978 bits per heavy atom. The predicted molar refractivity (Wildman–Crippen MR) is 180 cm³/mol. The molecule has 5 rings (SSSR count). The highest BCUT2D eigenvalue weighted by atomic mass is 16.5. The quantitative estimate of drug-likeness (QED) is 0.199.